The minimum absolute atomic E-state index is 0.0478. The number of benzene rings is 2. The molecule has 1 unspecified atom stereocenters. The van der Waals surface area contributed by atoms with Gasteiger partial charge in [-0.05, 0) is 55.3 Å². The molecule has 0 saturated heterocycles. The van der Waals surface area contributed by atoms with Crippen molar-refractivity contribution in [2.45, 2.75) is 20.0 Å². The number of nitrogens with one attached hydrogen (secondary N) is 2. The van der Waals surface area contributed by atoms with Crippen molar-refractivity contribution in [3.63, 3.8) is 0 Å². The van der Waals surface area contributed by atoms with Crippen LogP contribution in [0.1, 0.15) is 11.1 Å². The normalized spacial score (nSPS) is 16.2. The van der Waals surface area contributed by atoms with Gasteiger partial charge < -0.3 is 15.4 Å². The third kappa shape index (κ3) is 2.54. The number of ether oxygens (including phenoxy) is 1. The summed E-state index contributed by atoms with van der Waals surface area (Å²) < 4.78 is 18.9. The number of hydrogen-bond donors (Lipinski definition) is 2. The lowest BCUT2D eigenvalue weighted by Gasteiger charge is -2.14. The summed E-state index contributed by atoms with van der Waals surface area (Å²) in [5, 5.41) is 6.45. The summed E-state index contributed by atoms with van der Waals surface area (Å²) in [5.74, 6) is 0.604. The summed E-state index contributed by atoms with van der Waals surface area (Å²) in [6, 6.07) is 10.7. The molecule has 1 aliphatic rings. The number of hydrogen-bond acceptors (Lipinski definition) is 3. The number of rotatable bonds is 3. The van der Waals surface area contributed by atoms with Crippen LogP contribution in [0.2, 0.25) is 0 Å². The summed E-state index contributed by atoms with van der Waals surface area (Å²) >= 11 is 0. The van der Waals surface area contributed by atoms with Gasteiger partial charge in [0.2, 0.25) is 0 Å². The molecule has 1 atom stereocenters. The first-order chi connectivity index (χ1) is 9.61. The zero-order valence-corrected chi connectivity index (χ0v) is 11.5. The maximum absolute atomic E-state index is 13.1. The van der Waals surface area contributed by atoms with Gasteiger partial charge >= 0.3 is 0 Å². The Labute approximate surface area is 117 Å². The lowest BCUT2D eigenvalue weighted by molar-refractivity contribution is 0.308. The zero-order valence-electron chi connectivity index (χ0n) is 11.5. The van der Waals surface area contributed by atoms with Crippen molar-refractivity contribution in [3.8, 4) is 5.75 Å². The fourth-order valence-electron chi connectivity index (χ4n) is 2.24. The molecule has 2 aromatic carbocycles. The van der Waals surface area contributed by atoms with Crippen molar-refractivity contribution in [2.75, 3.05) is 17.2 Å². The fraction of sp³-hybridized carbons (Fsp3) is 0.250. The molecule has 104 valence electrons. The van der Waals surface area contributed by atoms with E-state index in [2.05, 4.69) is 24.5 Å². The highest BCUT2D eigenvalue weighted by molar-refractivity contribution is 5.74. The lowest BCUT2D eigenvalue weighted by atomic mass is 10.1. The smallest absolute Gasteiger partial charge is 0.132 e. The Kier molecular flexibility index (Phi) is 3.22. The van der Waals surface area contributed by atoms with Gasteiger partial charge in [0, 0.05) is 0 Å². The van der Waals surface area contributed by atoms with E-state index in [9.17, 15) is 4.39 Å². The molecule has 2 N–H and O–H groups in total. The van der Waals surface area contributed by atoms with Crippen molar-refractivity contribution >= 4 is 11.4 Å². The average Bonchev–Trinajstić information content (AvgIpc) is 2.82. The van der Waals surface area contributed by atoms with Gasteiger partial charge in [0.25, 0.3) is 0 Å². The summed E-state index contributed by atoms with van der Waals surface area (Å²) in [5.41, 5.74) is 4.14. The molecule has 0 radical (unpaired) electrons. The monoisotopic (exact) mass is 272 g/mol. The van der Waals surface area contributed by atoms with E-state index in [1.807, 2.05) is 18.2 Å². The molecule has 2 aromatic rings. The molecule has 3 rings (SSSR count). The van der Waals surface area contributed by atoms with Crippen molar-refractivity contribution in [3.05, 3.63) is 53.3 Å². The van der Waals surface area contributed by atoms with E-state index in [4.69, 9.17) is 4.74 Å². The van der Waals surface area contributed by atoms with E-state index in [1.165, 1.54) is 23.3 Å². The van der Waals surface area contributed by atoms with Crippen LogP contribution < -0.4 is 15.4 Å². The van der Waals surface area contributed by atoms with E-state index in [-0.39, 0.29) is 12.0 Å². The van der Waals surface area contributed by atoms with Gasteiger partial charge in [-0.1, -0.05) is 6.07 Å². The second kappa shape index (κ2) is 5.04. The topological polar surface area (TPSA) is 33.3 Å². The Morgan fingerprint density at radius 2 is 1.80 bits per heavy atom. The van der Waals surface area contributed by atoms with Crippen molar-refractivity contribution in [2.24, 2.45) is 0 Å². The van der Waals surface area contributed by atoms with Gasteiger partial charge in [-0.25, -0.2) is 4.39 Å². The third-order valence-electron chi connectivity index (χ3n) is 3.54. The molecule has 4 heteroatoms. The Hall–Kier alpha value is -2.23. The van der Waals surface area contributed by atoms with Crippen LogP contribution in [0.4, 0.5) is 15.8 Å². The maximum Gasteiger partial charge on any atom is 0.132 e. The summed E-state index contributed by atoms with van der Waals surface area (Å²) in [7, 11) is 0. The summed E-state index contributed by atoms with van der Waals surface area (Å²) in [6.07, 6.45) is -0.0478. The average molecular weight is 272 g/mol. The van der Waals surface area contributed by atoms with Gasteiger partial charge in [-0.15, -0.1) is 0 Å². The first-order valence-electron chi connectivity index (χ1n) is 6.64. The molecule has 0 amide bonds. The van der Waals surface area contributed by atoms with Crippen molar-refractivity contribution in [1.29, 1.82) is 0 Å². The van der Waals surface area contributed by atoms with Crippen molar-refractivity contribution < 1.29 is 9.13 Å². The highest BCUT2D eigenvalue weighted by Crippen LogP contribution is 2.29. The van der Waals surface area contributed by atoms with Gasteiger partial charge in [-0.3, -0.25) is 0 Å². The highest BCUT2D eigenvalue weighted by atomic mass is 19.1. The number of halogens is 1. The first-order valence-corrected chi connectivity index (χ1v) is 6.64. The molecule has 3 nitrogen and oxygen atoms in total. The summed E-state index contributed by atoms with van der Waals surface area (Å²) in [6.45, 7) is 4.61. The van der Waals surface area contributed by atoms with Crippen LogP contribution in [0.15, 0.2) is 36.4 Å². The molecule has 0 aliphatic carbocycles. The Balaban J connectivity index is 1.62. The molecule has 0 aromatic heterocycles. The van der Waals surface area contributed by atoms with Gasteiger partial charge in [0.05, 0.1) is 11.4 Å². The second-order valence-corrected chi connectivity index (χ2v) is 5.09. The van der Waals surface area contributed by atoms with Gasteiger partial charge in [-0.2, -0.15) is 0 Å². The van der Waals surface area contributed by atoms with E-state index >= 15 is 0 Å². The predicted molar refractivity (Wildman–Crippen MR) is 78.8 cm³/mol. The minimum atomic E-state index is -0.242. The number of aryl methyl sites for hydroxylation is 2. The standard InChI is InChI=1S/C16H17FN2O/c1-10-3-5-13(7-11(10)2)20-9-16-18-14-6-4-12(17)8-15(14)19-16/h3-8,16,18-19H,9H2,1-2H3. The van der Waals surface area contributed by atoms with E-state index < -0.39 is 0 Å². The van der Waals surface area contributed by atoms with E-state index in [0.29, 0.717) is 6.61 Å². The largest absolute Gasteiger partial charge is 0.489 e. The van der Waals surface area contributed by atoms with Gasteiger partial charge in [0.1, 0.15) is 24.3 Å². The van der Waals surface area contributed by atoms with Crippen LogP contribution in [-0.2, 0) is 0 Å². The van der Waals surface area contributed by atoms with Crippen LogP contribution in [0.3, 0.4) is 0 Å². The molecular weight excluding hydrogens is 255 g/mol. The maximum atomic E-state index is 13.1. The molecule has 1 aliphatic heterocycles. The first kappa shape index (κ1) is 12.8. The second-order valence-electron chi connectivity index (χ2n) is 5.09. The molecule has 0 saturated carbocycles. The molecule has 0 bridgehead atoms. The van der Waals surface area contributed by atoms with Crippen LogP contribution >= 0.6 is 0 Å². The van der Waals surface area contributed by atoms with Crippen LogP contribution in [0, 0.1) is 19.7 Å². The van der Waals surface area contributed by atoms with Crippen molar-refractivity contribution in [1.82, 2.24) is 0 Å². The Morgan fingerprint density at radius 1 is 1.00 bits per heavy atom. The van der Waals surface area contributed by atoms with E-state index in [1.54, 1.807) is 6.07 Å². The molecule has 0 fully saturated rings. The molecule has 20 heavy (non-hydrogen) atoms. The Bertz CT molecular complexity index is 642. The predicted octanol–water partition coefficient (Wildman–Crippen LogP) is 3.69. The molecule has 0 spiro atoms. The highest BCUT2D eigenvalue weighted by Gasteiger charge is 2.20. The van der Waals surface area contributed by atoms with Gasteiger partial charge in [0.15, 0.2) is 0 Å². The molecular formula is C16H17FN2O. The quantitative estimate of drug-likeness (QED) is 0.894. The zero-order chi connectivity index (χ0) is 14.1. The number of anilines is 2. The minimum Gasteiger partial charge on any atom is -0.489 e. The van der Waals surface area contributed by atoms with Crippen LogP contribution in [-0.4, -0.2) is 12.8 Å². The van der Waals surface area contributed by atoms with E-state index in [0.717, 1.165) is 17.1 Å². The third-order valence-corrected chi connectivity index (χ3v) is 3.54. The Morgan fingerprint density at radius 3 is 2.60 bits per heavy atom. The lowest BCUT2D eigenvalue weighted by Crippen LogP contribution is -2.29. The number of fused-ring (bicyclic) bond motifs is 1. The van der Waals surface area contributed by atoms with Crippen LogP contribution in [0.25, 0.3) is 0 Å². The fourth-order valence-corrected chi connectivity index (χ4v) is 2.24. The SMILES string of the molecule is Cc1ccc(OCC2Nc3ccc(F)cc3N2)cc1C. The summed E-state index contributed by atoms with van der Waals surface area (Å²) in [4.78, 5) is 0. The van der Waals surface area contributed by atoms with Crippen LogP contribution in [0.5, 0.6) is 5.75 Å². The molecule has 1 heterocycles.